The Morgan fingerprint density at radius 3 is 2.46 bits per heavy atom. The molecule has 1 heterocycles. The Kier molecular flexibility index (Phi) is 6.60. The van der Waals surface area contributed by atoms with Crippen molar-refractivity contribution in [3.8, 4) is 0 Å². The molecule has 0 spiro atoms. The minimum absolute atomic E-state index is 0.0144. The van der Waals surface area contributed by atoms with Crippen LogP contribution in [0.15, 0.2) is 67.0 Å². The Hall–Kier alpha value is -2.08. The molecule has 0 saturated carbocycles. The van der Waals surface area contributed by atoms with Crippen molar-refractivity contribution in [2.75, 3.05) is 10.1 Å². The van der Waals surface area contributed by atoms with Crippen LogP contribution in [-0.2, 0) is 23.0 Å². The summed E-state index contributed by atoms with van der Waals surface area (Å²) in [4.78, 5) is 4.08. The molecule has 0 radical (unpaired) electrons. The maximum Gasteiger partial charge on any atom is 0.235 e. The molecule has 3 rings (SSSR count). The van der Waals surface area contributed by atoms with Gasteiger partial charge in [-0.1, -0.05) is 47.5 Å². The summed E-state index contributed by atoms with van der Waals surface area (Å²) in [5.74, 6) is 0.0144. The summed E-state index contributed by atoms with van der Waals surface area (Å²) in [7, 11) is -3.45. The van der Waals surface area contributed by atoms with Crippen LogP contribution < -0.4 is 4.31 Å². The molecule has 0 aliphatic rings. The molecule has 0 fully saturated rings. The van der Waals surface area contributed by atoms with Crippen molar-refractivity contribution in [3.05, 3.63) is 93.7 Å². The van der Waals surface area contributed by atoms with Crippen molar-refractivity contribution < 1.29 is 8.42 Å². The van der Waals surface area contributed by atoms with Gasteiger partial charge in [0.05, 0.1) is 18.0 Å². The van der Waals surface area contributed by atoms with Crippen molar-refractivity contribution in [3.63, 3.8) is 0 Å². The molecule has 0 aliphatic carbocycles. The van der Waals surface area contributed by atoms with E-state index in [0.717, 1.165) is 16.7 Å². The summed E-state index contributed by atoms with van der Waals surface area (Å²) in [6.45, 7) is 1.87. The smallest absolute Gasteiger partial charge is 0.235 e. The highest BCUT2D eigenvalue weighted by atomic mass is 35.5. The predicted molar refractivity (Wildman–Crippen MR) is 116 cm³/mol. The van der Waals surface area contributed by atoms with Crippen LogP contribution >= 0.6 is 23.2 Å². The van der Waals surface area contributed by atoms with E-state index in [-0.39, 0.29) is 12.3 Å². The molecule has 7 heteroatoms. The zero-order valence-corrected chi connectivity index (χ0v) is 17.7. The van der Waals surface area contributed by atoms with Gasteiger partial charge in [-0.15, -0.1) is 0 Å². The van der Waals surface area contributed by atoms with Crippen LogP contribution in [0.2, 0.25) is 10.0 Å². The molecule has 0 aliphatic heterocycles. The summed E-state index contributed by atoms with van der Waals surface area (Å²) in [5.41, 5.74) is 3.34. The highest BCUT2D eigenvalue weighted by molar-refractivity contribution is 7.92. The van der Waals surface area contributed by atoms with E-state index in [4.69, 9.17) is 23.2 Å². The minimum atomic E-state index is -3.45. The minimum Gasteiger partial charge on any atom is -0.266 e. The monoisotopic (exact) mass is 434 g/mol. The Morgan fingerprint density at radius 2 is 1.79 bits per heavy atom. The predicted octanol–water partition coefficient (Wildman–Crippen LogP) is 5.34. The van der Waals surface area contributed by atoms with Crippen molar-refractivity contribution in [1.82, 2.24) is 4.98 Å². The second-order valence-electron chi connectivity index (χ2n) is 6.35. The molecular weight excluding hydrogens is 415 g/mol. The highest BCUT2D eigenvalue weighted by Gasteiger charge is 2.21. The topological polar surface area (TPSA) is 50.3 Å². The lowest BCUT2D eigenvalue weighted by Gasteiger charge is -2.24. The summed E-state index contributed by atoms with van der Waals surface area (Å²) >= 11 is 12.3. The van der Waals surface area contributed by atoms with E-state index in [1.54, 1.807) is 43.6 Å². The van der Waals surface area contributed by atoms with Crippen molar-refractivity contribution >= 4 is 38.9 Å². The molecule has 146 valence electrons. The van der Waals surface area contributed by atoms with Crippen molar-refractivity contribution in [2.24, 2.45) is 0 Å². The van der Waals surface area contributed by atoms with Gasteiger partial charge in [-0.2, -0.15) is 0 Å². The molecule has 0 amide bonds. The van der Waals surface area contributed by atoms with E-state index < -0.39 is 10.0 Å². The fraction of sp³-hybridized carbons (Fsp3) is 0.190. The van der Waals surface area contributed by atoms with Crippen LogP contribution in [0.1, 0.15) is 23.6 Å². The first-order valence-corrected chi connectivity index (χ1v) is 11.2. The summed E-state index contributed by atoms with van der Waals surface area (Å²) < 4.78 is 26.9. The molecule has 0 bridgehead atoms. The Morgan fingerprint density at radius 1 is 1.00 bits per heavy atom. The van der Waals surface area contributed by atoms with E-state index >= 15 is 0 Å². The number of aromatic nitrogens is 1. The van der Waals surface area contributed by atoms with Crippen LogP contribution in [0, 0.1) is 0 Å². The van der Waals surface area contributed by atoms with E-state index in [2.05, 4.69) is 4.98 Å². The van der Waals surface area contributed by atoms with Gasteiger partial charge in [0.1, 0.15) is 0 Å². The summed E-state index contributed by atoms with van der Waals surface area (Å²) in [5, 5.41) is 1.17. The van der Waals surface area contributed by atoms with E-state index in [9.17, 15) is 8.42 Å². The largest absolute Gasteiger partial charge is 0.266 e. The van der Waals surface area contributed by atoms with Gasteiger partial charge >= 0.3 is 0 Å². The van der Waals surface area contributed by atoms with E-state index in [1.807, 2.05) is 30.3 Å². The number of hydrogen-bond donors (Lipinski definition) is 0. The maximum atomic E-state index is 12.7. The van der Waals surface area contributed by atoms with Crippen LogP contribution in [0.4, 0.5) is 5.69 Å². The fourth-order valence-electron chi connectivity index (χ4n) is 2.87. The zero-order valence-electron chi connectivity index (χ0n) is 15.3. The SMILES string of the molecule is CCS(=O)(=O)N(Cc1cccnc1)c1cccc(Cc2ccc(Cl)cc2Cl)c1. The standard InChI is InChI=1S/C21H20Cl2N2O2S/c1-2-28(26,27)25(15-17-6-4-10-24-14-17)20-7-3-5-16(12-20)11-18-8-9-19(22)13-21(18)23/h3-10,12-14H,2,11,15H2,1H3. The Balaban J connectivity index is 1.94. The number of hydrogen-bond acceptors (Lipinski definition) is 3. The number of sulfonamides is 1. The lowest BCUT2D eigenvalue weighted by Crippen LogP contribution is -2.32. The van der Waals surface area contributed by atoms with E-state index in [0.29, 0.717) is 22.2 Å². The van der Waals surface area contributed by atoms with Crippen LogP contribution in [0.5, 0.6) is 0 Å². The second-order valence-corrected chi connectivity index (χ2v) is 9.38. The molecule has 2 aromatic carbocycles. The molecule has 0 N–H and O–H groups in total. The van der Waals surface area contributed by atoms with Gasteiger partial charge in [-0.25, -0.2) is 8.42 Å². The van der Waals surface area contributed by atoms with Gasteiger partial charge < -0.3 is 0 Å². The van der Waals surface area contributed by atoms with Crippen LogP contribution in [0.25, 0.3) is 0 Å². The molecule has 0 atom stereocenters. The maximum absolute atomic E-state index is 12.7. The third kappa shape index (κ3) is 5.04. The first kappa shape index (κ1) is 20.6. The van der Waals surface area contributed by atoms with Crippen LogP contribution in [0.3, 0.4) is 0 Å². The first-order valence-electron chi connectivity index (χ1n) is 8.81. The fourth-order valence-corrected chi connectivity index (χ4v) is 4.44. The quantitative estimate of drug-likeness (QED) is 0.504. The second kappa shape index (κ2) is 8.95. The number of nitrogens with zero attached hydrogens (tertiary/aromatic N) is 2. The third-order valence-electron chi connectivity index (χ3n) is 4.36. The lowest BCUT2D eigenvalue weighted by atomic mass is 10.0. The van der Waals surface area contributed by atoms with Gasteiger partial charge in [0.25, 0.3) is 0 Å². The van der Waals surface area contributed by atoms with Gasteiger partial charge in [0, 0.05) is 22.4 Å². The highest BCUT2D eigenvalue weighted by Crippen LogP contribution is 2.27. The molecular formula is C21H20Cl2N2O2S. The van der Waals surface area contributed by atoms with Gasteiger partial charge in [-0.05, 0) is 60.4 Å². The third-order valence-corrected chi connectivity index (χ3v) is 6.69. The number of pyridine rings is 1. The van der Waals surface area contributed by atoms with E-state index in [1.165, 1.54) is 4.31 Å². The first-order chi connectivity index (χ1) is 13.4. The number of benzene rings is 2. The van der Waals surface area contributed by atoms with Gasteiger partial charge in [-0.3, -0.25) is 9.29 Å². The average molecular weight is 435 g/mol. The number of rotatable bonds is 7. The lowest BCUT2D eigenvalue weighted by molar-refractivity contribution is 0.591. The summed E-state index contributed by atoms with van der Waals surface area (Å²) in [6, 6.07) is 16.5. The molecule has 3 aromatic rings. The van der Waals surface area contributed by atoms with Gasteiger partial charge in [0.15, 0.2) is 0 Å². The summed E-state index contributed by atoms with van der Waals surface area (Å²) in [6.07, 6.45) is 3.92. The van der Waals surface area contributed by atoms with Crippen molar-refractivity contribution in [2.45, 2.75) is 19.9 Å². The Bertz CT molecular complexity index is 1060. The number of anilines is 1. The normalized spacial score (nSPS) is 11.4. The average Bonchev–Trinajstić information content (AvgIpc) is 2.69. The number of halogens is 2. The molecule has 0 saturated heterocycles. The van der Waals surface area contributed by atoms with Crippen LogP contribution in [-0.4, -0.2) is 19.2 Å². The molecule has 4 nitrogen and oxygen atoms in total. The zero-order chi connectivity index (χ0) is 20.1. The van der Waals surface area contributed by atoms with Gasteiger partial charge in [0.2, 0.25) is 10.0 Å². The van der Waals surface area contributed by atoms with Crippen molar-refractivity contribution in [1.29, 1.82) is 0 Å². The molecule has 0 unspecified atom stereocenters. The Labute approximate surface area is 175 Å². The molecule has 1 aromatic heterocycles. The molecule has 28 heavy (non-hydrogen) atoms.